The first-order valence-electron chi connectivity index (χ1n) is 9.70. The van der Waals surface area contributed by atoms with Crippen LogP contribution in [0.3, 0.4) is 0 Å². The molecule has 1 amide bonds. The Labute approximate surface area is 175 Å². The summed E-state index contributed by atoms with van der Waals surface area (Å²) in [6, 6.07) is 16.4. The van der Waals surface area contributed by atoms with Crippen LogP contribution in [-0.4, -0.2) is 38.2 Å². The fraction of sp³-hybridized carbons (Fsp3) is 0.381. The quantitative estimate of drug-likeness (QED) is 0.396. The van der Waals surface area contributed by atoms with Crippen LogP contribution < -0.4 is 5.32 Å². The van der Waals surface area contributed by atoms with Crippen molar-refractivity contribution in [1.29, 1.82) is 0 Å². The lowest BCUT2D eigenvalue weighted by atomic mass is 9.98. The highest BCUT2D eigenvalue weighted by Crippen LogP contribution is 2.60. The number of hydrogen-bond donors (Lipinski definition) is 1. The van der Waals surface area contributed by atoms with Gasteiger partial charge in [-0.2, -0.15) is 0 Å². The molecular weight excluding hydrogens is 409 g/mol. The Bertz CT molecular complexity index is 835. The molecule has 3 rings (SSSR count). The van der Waals surface area contributed by atoms with E-state index >= 15 is 0 Å². The molecule has 6 nitrogen and oxygen atoms in total. The van der Waals surface area contributed by atoms with E-state index in [1.807, 2.05) is 24.3 Å². The molecule has 0 saturated carbocycles. The second-order valence-corrected chi connectivity index (χ2v) is 10.6. The van der Waals surface area contributed by atoms with Crippen molar-refractivity contribution in [2.45, 2.75) is 19.8 Å². The van der Waals surface area contributed by atoms with Crippen LogP contribution in [0, 0.1) is 0 Å². The van der Waals surface area contributed by atoms with Gasteiger partial charge in [-0.05, 0) is 47.5 Å². The molecule has 0 fully saturated rings. The summed E-state index contributed by atoms with van der Waals surface area (Å²) in [5, 5.41) is 2.70. The van der Waals surface area contributed by atoms with Gasteiger partial charge in [0.2, 0.25) is 0 Å². The van der Waals surface area contributed by atoms with Crippen molar-refractivity contribution >= 4 is 24.3 Å². The third kappa shape index (κ3) is 5.43. The predicted octanol–water partition coefficient (Wildman–Crippen LogP) is 5.44. The molecule has 0 unspecified atom stereocenters. The second kappa shape index (κ2) is 10.3. The van der Waals surface area contributed by atoms with E-state index < -0.39 is 12.9 Å². The standard InChI is InChI=1S/C21H26NO5PS/c1-3-26-28(24,27-4-2)29-14-13-22-21(23)25-15-20-18-11-7-5-9-16(18)17-10-6-8-12-19(17)20/h5-12,20H,3-4,13-15H2,1-2H3,(H,22,23). The number of alkyl carbamates (subject to hydrolysis) is 1. The summed E-state index contributed by atoms with van der Waals surface area (Å²) in [6.45, 7) is 1.57. The van der Waals surface area contributed by atoms with Crippen molar-refractivity contribution in [2.24, 2.45) is 0 Å². The largest absolute Gasteiger partial charge is 0.449 e. The smallest absolute Gasteiger partial charge is 0.407 e. The Balaban J connectivity index is 1.50. The predicted molar refractivity (Wildman–Crippen MR) is 116 cm³/mol. The molecule has 2 aromatic rings. The number of carbonyl (C=O) groups is 1. The highest BCUT2D eigenvalue weighted by atomic mass is 32.7. The van der Waals surface area contributed by atoms with Crippen LogP contribution in [0.1, 0.15) is 30.9 Å². The molecule has 0 heterocycles. The number of nitrogens with one attached hydrogen (secondary N) is 1. The first-order valence-corrected chi connectivity index (χ1v) is 12.8. The average Bonchev–Trinajstić information content (AvgIpc) is 3.04. The summed E-state index contributed by atoms with van der Waals surface area (Å²) in [5.74, 6) is 0.431. The zero-order chi connectivity index (χ0) is 20.7. The third-order valence-electron chi connectivity index (χ3n) is 4.54. The summed E-state index contributed by atoms with van der Waals surface area (Å²) in [5.41, 5.74) is 4.73. The van der Waals surface area contributed by atoms with Crippen molar-refractivity contribution < 1.29 is 23.1 Å². The normalized spacial score (nSPS) is 13.0. The van der Waals surface area contributed by atoms with Crippen LogP contribution in [0.4, 0.5) is 4.79 Å². The minimum atomic E-state index is -3.16. The minimum absolute atomic E-state index is 0.0265. The molecule has 1 aliphatic carbocycles. The van der Waals surface area contributed by atoms with Gasteiger partial charge in [-0.15, -0.1) is 0 Å². The molecule has 0 radical (unpaired) electrons. The fourth-order valence-corrected chi connectivity index (χ4v) is 6.69. The number of benzene rings is 2. The number of fused-ring (bicyclic) bond motifs is 3. The lowest BCUT2D eigenvalue weighted by Gasteiger charge is -2.16. The van der Waals surface area contributed by atoms with Crippen molar-refractivity contribution in [1.82, 2.24) is 5.32 Å². The molecule has 8 heteroatoms. The lowest BCUT2D eigenvalue weighted by Crippen LogP contribution is -2.28. The Kier molecular flexibility index (Phi) is 7.78. The van der Waals surface area contributed by atoms with E-state index in [1.165, 1.54) is 22.3 Å². The monoisotopic (exact) mass is 435 g/mol. The highest BCUT2D eigenvalue weighted by Gasteiger charge is 2.29. The fourth-order valence-electron chi connectivity index (χ4n) is 3.39. The van der Waals surface area contributed by atoms with E-state index in [4.69, 9.17) is 13.8 Å². The zero-order valence-electron chi connectivity index (χ0n) is 16.6. The molecule has 0 atom stereocenters. The number of carbonyl (C=O) groups excluding carboxylic acids is 1. The van der Waals surface area contributed by atoms with E-state index in [2.05, 4.69) is 29.6 Å². The molecule has 0 saturated heterocycles. The number of ether oxygens (including phenoxy) is 1. The number of rotatable bonds is 10. The molecular formula is C21H26NO5PS. The summed E-state index contributed by atoms with van der Waals surface area (Å²) in [6.07, 6.45) is -0.491. The van der Waals surface area contributed by atoms with Crippen molar-refractivity contribution in [3.8, 4) is 11.1 Å². The summed E-state index contributed by atoms with van der Waals surface area (Å²) >= 11 is 1.08. The van der Waals surface area contributed by atoms with Crippen molar-refractivity contribution in [3.63, 3.8) is 0 Å². The van der Waals surface area contributed by atoms with Crippen LogP contribution in [0.25, 0.3) is 11.1 Å². The summed E-state index contributed by atoms with van der Waals surface area (Å²) in [4.78, 5) is 12.1. The maximum absolute atomic E-state index is 12.4. The molecule has 2 aromatic carbocycles. The van der Waals surface area contributed by atoms with E-state index in [0.29, 0.717) is 25.5 Å². The first kappa shape index (κ1) is 21.9. The Morgan fingerprint density at radius 3 is 2.10 bits per heavy atom. The molecule has 0 aromatic heterocycles. The van der Waals surface area contributed by atoms with Crippen LogP contribution >= 0.6 is 18.2 Å². The maximum atomic E-state index is 12.4. The van der Waals surface area contributed by atoms with E-state index in [-0.39, 0.29) is 12.5 Å². The molecule has 29 heavy (non-hydrogen) atoms. The van der Waals surface area contributed by atoms with Crippen LogP contribution in [0.15, 0.2) is 48.5 Å². The van der Waals surface area contributed by atoms with Gasteiger partial charge in [0.15, 0.2) is 0 Å². The number of amides is 1. The zero-order valence-corrected chi connectivity index (χ0v) is 18.3. The lowest BCUT2D eigenvalue weighted by molar-refractivity contribution is 0.143. The van der Waals surface area contributed by atoms with Gasteiger partial charge < -0.3 is 19.1 Å². The van der Waals surface area contributed by atoms with Gasteiger partial charge in [-0.1, -0.05) is 48.5 Å². The van der Waals surface area contributed by atoms with Gasteiger partial charge in [-0.25, -0.2) is 9.36 Å². The summed E-state index contributed by atoms with van der Waals surface area (Å²) < 4.78 is 28.3. The van der Waals surface area contributed by atoms with E-state index in [9.17, 15) is 9.36 Å². The van der Waals surface area contributed by atoms with Gasteiger partial charge in [0, 0.05) is 18.2 Å². The first-order chi connectivity index (χ1) is 14.1. The minimum Gasteiger partial charge on any atom is -0.449 e. The summed E-state index contributed by atoms with van der Waals surface area (Å²) in [7, 11) is 0. The molecule has 156 valence electrons. The SMILES string of the molecule is CCOP(=O)(OCC)SCCNC(=O)OCC1c2ccccc2-c2ccccc21. The van der Waals surface area contributed by atoms with Crippen LogP contribution in [0.5, 0.6) is 0 Å². The molecule has 1 aliphatic rings. The van der Waals surface area contributed by atoms with Crippen LogP contribution in [0.2, 0.25) is 0 Å². The van der Waals surface area contributed by atoms with E-state index in [0.717, 1.165) is 11.4 Å². The van der Waals surface area contributed by atoms with Crippen LogP contribution in [-0.2, 0) is 18.3 Å². The second-order valence-electron chi connectivity index (χ2n) is 6.37. The highest BCUT2D eigenvalue weighted by molar-refractivity contribution is 8.55. The van der Waals surface area contributed by atoms with Crippen molar-refractivity contribution in [3.05, 3.63) is 59.7 Å². The topological polar surface area (TPSA) is 73.9 Å². The number of hydrogen-bond acceptors (Lipinski definition) is 6. The Morgan fingerprint density at radius 1 is 1.00 bits per heavy atom. The molecule has 1 N–H and O–H groups in total. The van der Waals surface area contributed by atoms with Gasteiger partial charge in [0.05, 0.1) is 13.2 Å². The van der Waals surface area contributed by atoms with Gasteiger partial charge in [0.25, 0.3) is 0 Å². The Hall–Kier alpha value is -1.79. The van der Waals surface area contributed by atoms with Crippen molar-refractivity contribution in [2.75, 3.05) is 32.1 Å². The molecule has 0 aliphatic heterocycles. The van der Waals surface area contributed by atoms with Gasteiger partial charge in [-0.3, -0.25) is 0 Å². The molecule has 0 bridgehead atoms. The Morgan fingerprint density at radius 2 is 1.55 bits per heavy atom. The van der Waals surface area contributed by atoms with Gasteiger partial charge >= 0.3 is 12.9 Å². The van der Waals surface area contributed by atoms with Gasteiger partial charge in [0.1, 0.15) is 6.61 Å². The maximum Gasteiger partial charge on any atom is 0.407 e. The third-order valence-corrected chi connectivity index (χ3v) is 8.52. The molecule has 0 spiro atoms. The van der Waals surface area contributed by atoms with E-state index in [1.54, 1.807) is 13.8 Å². The average molecular weight is 435 g/mol.